The molecule has 0 unspecified atom stereocenters. The Bertz CT molecular complexity index is 1140. The van der Waals surface area contributed by atoms with Crippen LogP contribution >= 0.6 is 0 Å². The zero-order chi connectivity index (χ0) is 22.7. The van der Waals surface area contributed by atoms with Gasteiger partial charge in [-0.3, -0.25) is 14.6 Å². The standard InChI is InChI=1S/C24H23N3O5/c1-30-20-12-17(13-21(31-2)22(20)32-3)23(28)26-18-6-7-19-15(11-18)8-10-27(19)24(29)16-5-4-9-25-14-16/h4-7,9,11-14H,8,10H2,1-3H3,(H,26,28). The van der Waals surface area contributed by atoms with Gasteiger partial charge in [-0.05, 0) is 54.4 Å². The molecule has 0 saturated heterocycles. The van der Waals surface area contributed by atoms with Gasteiger partial charge in [0.25, 0.3) is 11.8 Å². The van der Waals surface area contributed by atoms with E-state index in [1.807, 2.05) is 12.1 Å². The number of nitrogens with zero attached hydrogens (tertiary/aromatic N) is 2. The highest BCUT2D eigenvalue weighted by Gasteiger charge is 2.26. The Morgan fingerprint density at radius 1 is 0.969 bits per heavy atom. The van der Waals surface area contributed by atoms with Crippen molar-refractivity contribution in [1.82, 2.24) is 4.98 Å². The molecule has 0 spiro atoms. The molecule has 0 saturated carbocycles. The fourth-order valence-electron chi connectivity index (χ4n) is 3.75. The minimum Gasteiger partial charge on any atom is -0.493 e. The van der Waals surface area contributed by atoms with Crippen LogP contribution in [0.25, 0.3) is 0 Å². The second-order valence-electron chi connectivity index (χ2n) is 7.16. The molecule has 0 atom stereocenters. The van der Waals surface area contributed by atoms with Crippen LogP contribution in [-0.4, -0.2) is 44.7 Å². The average Bonchev–Trinajstić information content (AvgIpc) is 3.26. The Labute approximate surface area is 185 Å². The second-order valence-corrected chi connectivity index (χ2v) is 7.16. The van der Waals surface area contributed by atoms with Crippen molar-refractivity contribution in [1.29, 1.82) is 0 Å². The van der Waals surface area contributed by atoms with Gasteiger partial charge in [0.05, 0.1) is 26.9 Å². The molecule has 0 bridgehead atoms. The molecule has 1 N–H and O–H groups in total. The smallest absolute Gasteiger partial charge is 0.259 e. The normalized spacial score (nSPS) is 12.2. The van der Waals surface area contributed by atoms with Crippen molar-refractivity contribution in [3.63, 3.8) is 0 Å². The second kappa shape index (κ2) is 8.97. The van der Waals surface area contributed by atoms with E-state index in [-0.39, 0.29) is 11.8 Å². The van der Waals surface area contributed by atoms with Crippen LogP contribution in [0.15, 0.2) is 54.9 Å². The maximum absolute atomic E-state index is 12.9. The number of nitrogens with one attached hydrogen (secondary N) is 1. The molecule has 3 aromatic rings. The van der Waals surface area contributed by atoms with E-state index in [1.165, 1.54) is 21.3 Å². The summed E-state index contributed by atoms with van der Waals surface area (Å²) in [6.45, 7) is 0.577. The highest BCUT2D eigenvalue weighted by molar-refractivity contribution is 6.08. The van der Waals surface area contributed by atoms with Gasteiger partial charge < -0.3 is 24.4 Å². The number of benzene rings is 2. The summed E-state index contributed by atoms with van der Waals surface area (Å²) in [4.78, 5) is 31.4. The van der Waals surface area contributed by atoms with Crippen LogP contribution in [0.3, 0.4) is 0 Å². The minimum atomic E-state index is -0.314. The van der Waals surface area contributed by atoms with Crippen molar-refractivity contribution in [3.05, 3.63) is 71.5 Å². The van der Waals surface area contributed by atoms with Crippen LogP contribution in [0.5, 0.6) is 17.2 Å². The van der Waals surface area contributed by atoms with E-state index in [0.717, 1.165) is 11.3 Å². The summed E-state index contributed by atoms with van der Waals surface area (Å²) in [5, 5.41) is 2.90. The van der Waals surface area contributed by atoms with Gasteiger partial charge in [-0.25, -0.2) is 0 Å². The molecule has 2 amide bonds. The highest BCUT2D eigenvalue weighted by atomic mass is 16.5. The van der Waals surface area contributed by atoms with E-state index in [1.54, 1.807) is 47.6 Å². The summed E-state index contributed by atoms with van der Waals surface area (Å²) in [5.41, 5.74) is 3.38. The molecular weight excluding hydrogens is 410 g/mol. The third-order valence-electron chi connectivity index (χ3n) is 5.31. The molecule has 2 aromatic carbocycles. The molecule has 0 fully saturated rings. The van der Waals surface area contributed by atoms with Crippen molar-refractivity contribution in [2.75, 3.05) is 38.1 Å². The fraction of sp³-hybridized carbons (Fsp3) is 0.208. The number of carbonyl (C=O) groups excluding carboxylic acids is 2. The monoisotopic (exact) mass is 433 g/mol. The maximum atomic E-state index is 12.9. The lowest BCUT2D eigenvalue weighted by Gasteiger charge is -2.17. The number of amides is 2. The number of methoxy groups -OCH3 is 3. The minimum absolute atomic E-state index is 0.0916. The average molecular weight is 433 g/mol. The Kier molecular flexibility index (Phi) is 5.93. The van der Waals surface area contributed by atoms with E-state index in [4.69, 9.17) is 14.2 Å². The lowest BCUT2D eigenvalue weighted by atomic mass is 10.1. The lowest BCUT2D eigenvalue weighted by molar-refractivity contribution is 0.0987. The van der Waals surface area contributed by atoms with Crippen molar-refractivity contribution in [2.24, 2.45) is 0 Å². The molecule has 1 aliphatic heterocycles. The number of ether oxygens (including phenoxy) is 3. The van der Waals surface area contributed by atoms with Crippen molar-refractivity contribution in [2.45, 2.75) is 6.42 Å². The third-order valence-corrected chi connectivity index (χ3v) is 5.31. The summed E-state index contributed by atoms with van der Waals surface area (Å²) >= 11 is 0. The predicted octanol–water partition coefficient (Wildman–Crippen LogP) is 3.56. The van der Waals surface area contributed by atoms with E-state index in [0.29, 0.717) is 47.0 Å². The van der Waals surface area contributed by atoms with Crippen LogP contribution in [0, 0.1) is 0 Å². The summed E-state index contributed by atoms with van der Waals surface area (Å²) in [5.74, 6) is 0.810. The van der Waals surface area contributed by atoms with Gasteiger partial charge in [0.1, 0.15) is 0 Å². The molecule has 4 rings (SSSR count). The molecule has 2 heterocycles. The van der Waals surface area contributed by atoms with Gasteiger partial charge in [0.15, 0.2) is 11.5 Å². The van der Waals surface area contributed by atoms with Crippen LogP contribution in [0.4, 0.5) is 11.4 Å². The summed E-state index contributed by atoms with van der Waals surface area (Å²) in [6, 6.07) is 12.2. The number of hydrogen-bond acceptors (Lipinski definition) is 6. The first-order chi connectivity index (χ1) is 15.5. The SMILES string of the molecule is COc1cc(C(=O)Nc2ccc3c(c2)CCN3C(=O)c2cccnc2)cc(OC)c1OC. The molecule has 32 heavy (non-hydrogen) atoms. The van der Waals surface area contributed by atoms with Crippen molar-refractivity contribution in [3.8, 4) is 17.2 Å². The van der Waals surface area contributed by atoms with Gasteiger partial charge in [0.2, 0.25) is 5.75 Å². The Morgan fingerprint density at radius 2 is 1.72 bits per heavy atom. The van der Waals surface area contributed by atoms with Crippen LogP contribution in [0.1, 0.15) is 26.3 Å². The summed E-state index contributed by atoms with van der Waals surface area (Å²) in [6.07, 6.45) is 3.90. The first-order valence-electron chi connectivity index (χ1n) is 10.0. The first kappa shape index (κ1) is 21.2. The number of rotatable bonds is 6. The summed E-state index contributed by atoms with van der Waals surface area (Å²) in [7, 11) is 4.50. The van der Waals surface area contributed by atoms with Crippen molar-refractivity contribution < 1.29 is 23.8 Å². The lowest BCUT2D eigenvalue weighted by Crippen LogP contribution is -2.28. The molecule has 0 radical (unpaired) electrons. The molecule has 164 valence electrons. The maximum Gasteiger partial charge on any atom is 0.259 e. The number of aromatic nitrogens is 1. The summed E-state index contributed by atoms with van der Waals surface area (Å²) < 4.78 is 16.0. The largest absolute Gasteiger partial charge is 0.493 e. The third kappa shape index (κ3) is 3.94. The molecule has 1 aromatic heterocycles. The van der Waals surface area contributed by atoms with Gasteiger partial charge in [-0.15, -0.1) is 0 Å². The number of hydrogen-bond donors (Lipinski definition) is 1. The molecule has 1 aliphatic rings. The molecule has 0 aliphatic carbocycles. The molecule has 8 heteroatoms. The van der Waals surface area contributed by atoms with Crippen LogP contribution < -0.4 is 24.4 Å². The zero-order valence-corrected chi connectivity index (χ0v) is 18.0. The van der Waals surface area contributed by atoms with Crippen LogP contribution in [-0.2, 0) is 6.42 Å². The van der Waals surface area contributed by atoms with Gasteiger partial charge in [-0.2, -0.15) is 0 Å². The topological polar surface area (TPSA) is 90.0 Å². The van der Waals surface area contributed by atoms with Gasteiger partial charge in [0, 0.05) is 35.9 Å². The molecular formula is C24H23N3O5. The fourth-order valence-corrected chi connectivity index (χ4v) is 3.75. The van der Waals surface area contributed by atoms with E-state index >= 15 is 0 Å². The Balaban J connectivity index is 1.55. The zero-order valence-electron chi connectivity index (χ0n) is 18.0. The van der Waals surface area contributed by atoms with E-state index in [9.17, 15) is 9.59 Å². The Morgan fingerprint density at radius 3 is 2.34 bits per heavy atom. The number of carbonyl (C=O) groups is 2. The van der Waals surface area contributed by atoms with Gasteiger partial charge in [-0.1, -0.05) is 0 Å². The molecule has 8 nitrogen and oxygen atoms in total. The predicted molar refractivity (Wildman–Crippen MR) is 120 cm³/mol. The highest BCUT2D eigenvalue weighted by Crippen LogP contribution is 2.38. The van der Waals surface area contributed by atoms with Gasteiger partial charge >= 0.3 is 0 Å². The number of fused-ring (bicyclic) bond motifs is 1. The van der Waals surface area contributed by atoms with E-state index < -0.39 is 0 Å². The van der Waals surface area contributed by atoms with Crippen LogP contribution in [0.2, 0.25) is 0 Å². The number of anilines is 2. The Hall–Kier alpha value is -4.07. The quantitative estimate of drug-likeness (QED) is 0.639. The van der Waals surface area contributed by atoms with Crippen molar-refractivity contribution >= 4 is 23.2 Å². The van der Waals surface area contributed by atoms with E-state index in [2.05, 4.69) is 10.3 Å². The first-order valence-corrected chi connectivity index (χ1v) is 10.0. The number of pyridine rings is 1.